The number of hydrogen-bond donors (Lipinski definition) is 2. The van der Waals surface area contributed by atoms with Crippen molar-refractivity contribution in [1.29, 1.82) is 0 Å². The van der Waals surface area contributed by atoms with Crippen molar-refractivity contribution in [3.05, 3.63) is 78.7 Å². The van der Waals surface area contributed by atoms with E-state index in [0.717, 1.165) is 39.5 Å². The number of imidazole rings is 2. The summed E-state index contributed by atoms with van der Waals surface area (Å²) in [5.41, 5.74) is 4.15. The number of allylic oxidation sites excluding steroid dienone is 1. The molecule has 0 unspecified atom stereocenters. The highest BCUT2D eigenvalue weighted by Gasteiger charge is 2.14. The van der Waals surface area contributed by atoms with E-state index in [2.05, 4.69) is 26.8 Å². The highest BCUT2D eigenvalue weighted by Crippen LogP contribution is 2.24. The van der Waals surface area contributed by atoms with Crippen LogP contribution in [-0.4, -0.2) is 35.4 Å². The summed E-state index contributed by atoms with van der Waals surface area (Å²) in [6.45, 7) is 8.57. The molecule has 4 heterocycles. The van der Waals surface area contributed by atoms with Gasteiger partial charge in [-0.05, 0) is 37.5 Å². The number of aromatic nitrogens is 6. The Balaban J connectivity index is 1.49. The number of nitrogens with zero attached hydrogens (tertiary/aromatic N) is 5. The zero-order chi connectivity index (χ0) is 21.5. The van der Waals surface area contributed by atoms with Crippen LogP contribution in [0.25, 0.3) is 27.9 Å². The molecule has 7 nitrogen and oxygen atoms in total. The summed E-state index contributed by atoms with van der Waals surface area (Å²) in [4.78, 5) is 16.7. The van der Waals surface area contributed by atoms with Crippen LogP contribution in [-0.2, 0) is 6.42 Å². The number of anilines is 1. The lowest BCUT2D eigenvalue weighted by Gasteiger charge is -2.12. The van der Waals surface area contributed by atoms with E-state index in [9.17, 15) is 4.39 Å². The van der Waals surface area contributed by atoms with Crippen molar-refractivity contribution >= 4 is 27.9 Å². The van der Waals surface area contributed by atoms with Gasteiger partial charge in [0.2, 0.25) is 0 Å². The molecule has 0 bridgehead atoms. The molecule has 156 valence electrons. The van der Waals surface area contributed by atoms with E-state index in [1.165, 1.54) is 6.07 Å². The fourth-order valence-corrected chi connectivity index (χ4v) is 3.84. The van der Waals surface area contributed by atoms with Crippen molar-refractivity contribution in [3.63, 3.8) is 0 Å². The number of hydrogen-bond acceptors (Lipinski definition) is 4. The molecule has 2 N–H and O–H groups in total. The average molecular weight is 415 g/mol. The molecule has 0 aliphatic rings. The van der Waals surface area contributed by atoms with E-state index in [-0.39, 0.29) is 5.82 Å². The monoisotopic (exact) mass is 415 g/mol. The number of aromatic amines is 1. The third-order valence-corrected chi connectivity index (χ3v) is 5.43. The number of para-hydroxylation sites is 1. The quantitative estimate of drug-likeness (QED) is 0.427. The summed E-state index contributed by atoms with van der Waals surface area (Å²) in [6.07, 6.45) is 9.94. The molecule has 0 fully saturated rings. The highest BCUT2D eigenvalue weighted by atomic mass is 19.1. The Labute approximate surface area is 178 Å². The van der Waals surface area contributed by atoms with Crippen LogP contribution in [0.15, 0.2) is 55.8 Å². The largest absolute Gasteiger partial charge is 0.367 e. The van der Waals surface area contributed by atoms with Gasteiger partial charge >= 0.3 is 0 Å². The molecular formula is C23H22FN7. The molecular weight excluding hydrogens is 393 g/mol. The minimum Gasteiger partial charge on any atom is -0.367 e. The third-order valence-electron chi connectivity index (χ3n) is 5.43. The molecule has 0 aliphatic carbocycles. The molecule has 1 aromatic carbocycles. The maximum atomic E-state index is 14.0. The summed E-state index contributed by atoms with van der Waals surface area (Å²) in [5.74, 6) is 2.01. The first-order chi connectivity index (χ1) is 15.0. The van der Waals surface area contributed by atoms with E-state index in [4.69, 9.17) is 4.98 Å². The lowest BCUT2D eigenvalue weighted by Crippen LogP contribution is -2.11. The Hall–Kier alpha value is -3.94. The van der Waals surface area contributed by atoms with E-state index in [1.807, 2.05) is 47.5 Å². The van der Waals surface area contributed by atoms with Crippen LogP contribution in [0.1, 0.15) is 24.0 Å². The van der Waals surface area contributed by atoms with Gasteiger partial charge in [-0.3, -0.25) is 8.97 Å². The van der Waals surface area contributed by atoms with E-state index in [0.29, 0.717) is 24.3 Å². The molecule has 0 aliphatic heterocycles. The SMILES string of the molecule is C=C(C)c1cnc2c(NCCc3c[nH]c4c(F)cccc34)nc(-n3ccnc3C)cn12. The normalized spacial score (nSPS) is 11.5. The lowest BCUT2D eigenvalue weighted by molar-refractivity contribution is 0.637. The minimum atomic E-state index is -0.242. The van der Waals surface area contributed by atoms with Crippen molar-refractivity contribution in [1.82, 2.24) is 28.9 Å². The van der Waals surface area contributed by atoms with Gasteiger partial charge in [-0.25, -0.2) is 19.3 Å². The second kappa shape index (κ2) is 7.39. The predicted octanol–water partition coefficient (Wildman–Crippen LogP) is 4.53. The standard InChI is InChI=1S/C23H22FN7/c1-14(2)19-12-28-23-22(29-20(13-31(19)23)30-10-9-25-15(30)3)26-8-7-16-11-27-21-17(16)5-4-6-18(21)24/h4-6,9-13,27H,1,7-8H2,2-3H3,(H,26,29). The maximum absolute atomic E-state index is 14.0. The van der Waals surface area contributed by atoms with Crippen LogP contribution in [0, 0.1) is 12.7 Å². The maximum Gasteiger partial charge on any atom is 0.180 e. The molecule has 5 aromatic rings. The Kier molecular flexibility index (Phi) is 4.54. The molecule has 0 amide bonds. The first-order valence-corrected chi connectivity index (χ1v) is 10.1. The topological polar surface area (TPSA) is 75.8 Å². The summed E-state index contributed by atoms with van der Waals surface area (Å²) in [5, 5.41) is 4.31. The molecule has 0 saturated carbocycles. The number of H-pyrrole nitrogens is 1. The number of halogens is 1. The summed E-state index contributed by atoms with van der Waals surface area (Å²) < 4.78 is 17.9. The van der Waals surface area contributed by atoms with Crippen molar-refractivity contribution in [2.75, 3.05) is 11.9 Å². The Morgan fingerprint density at radius 1 is 1.29 bits per heavy atom. The van der Waals surface area contributed by atoms with Gasteiger partial charge < -0.3 is 10.3 Å². The zero-order valence-electron chi connectivity index (χ0n) is 17.4. The van der Waals surface area contributed by atoms with Crippen LogP contribution < -0.4 is 5.32 Å². The fourth-order valence-electron chi connectivity index (χ4n) is 3.84. The number of benzene rings is 1. The van der Waals surface area contributed by atoms with Gasteiger partial charge in [0.05, 0.1) is 23.6 Å². The number of nitrogens with one attached hydrogen (secondary N) is 2. The van der Waals surface area contributed by atoms with Crippen LogP contribution >= 0.6 is 0 Å². The lowest BCUT2D eigenvalue weighted by atomic mass is 10.1. The molecule has 0 spiro atoms. The molecule has 0 radical (unpaired) electrons. The van der Waals surface area contributed by atoms with Gasteiger partial charge in [0.15, 0.2) is 17.3 Å². The Morgan fingerprint density at radius 3 is 2.94 bits per heavy atom. The number of fused-ring (bicyclic) bond motifs is 2. The Morgan fingerprint density at radius 2 is 2.16 bits per heavy atom. The second-order valence-electron chi connectivity index (χ2n) is 7.56. The molecule has 31 heavy (non-hydrogen) atoms. The zero-order valence-corrected chi connectivity index (χ0v) is 17.4. The Bertz CT molecular complexity index is 1420. The van der Waals surface area contributed by atoms with Crippen LogP contribution in [0.2, 0.25) is 0 Å². The summed E-state index contributed by atoms with van der Waals surface area (Å²) in [7, 11) is 0. The number of rotatable bonds is 6. The molecule has 0 saturated heterocycles. The first-order valence-electron chi connectivity index (χ1n) is 10.1. The average Bonchev–Trinajstić information content (AvgIpc) is 3.46. The third kappa shape index (κ3) is 3.26. The van der Waals surface area contributed by atoms with E-state index < -0.39 is 0 Å². The van der Waals surface area contributed by atoms with Gasteiger partial charge in [0, 0.05) is 30.5 Å². The fraction of sp³-hybridized carbons (Fsp3) is 0.174. The van der Waals surface area contributed by atoms with Crippen molar-refractivity contribution in [3.8, 4) is 5.82 Å². The summed E-state index contributed by atoms with van der Waals surface area (Å²) >= 11 is 0. The van der Waals surface area contributed by atoms with E-state index >= 15 is 0 Å². The smallest absolute Gasteiger partial charge is 0.180 e. The van der Waals surface area contributed by atoms with Crippen LogP contribution in [0.5, 0.6) is 0 Å². The molecule has 8 heteroatoms. The van der Waals surface area contributed by atoms with Gasteiger partial charge in [-0.1, -0.05) is 18.7 Å². The molecule has 0 atom stereocenters. The van der Waals surface area contributed by atoms with Crippen molar-refractivity contribution in [2.24, 2.45) is 0 Å². The van der Waals surface area contributed by atoms with Crippen LogP contribution in [0.4, 0.5) is 10.2 Å². The molecule has 4 aromatic heterocycles. The first kappa shape index (κ1) is 19.0. The van der Waals surface area contributed by atoms with Gasteiger partial charge in [-0.2, -0.15) is 0 Å². The van der Waals surface area contributed by atoms with Gasteiger partial charge in [-0.15, -0.1) is 0 Å². The molecule has 5 rings (SSSR count). The highest BCUT2D eigenvalue weighted by molar-refractivity contribution is 5.83. The van der Waals surface area contributed by atoms with E-state index in [1.54, 1.807) is 18.5 Å². The second-order valence-corrected chi connectivity index (χ2v) is 7.56. The predicted molar refractivity (Wildman–Crippen MR) is 120 cm³/mol. The minimum absolute atomic E-state index is 0.242. The summed E-state index contributed by atoms with van der Waals surface area (Å²) in [6, 6.07) is 5.12. The number of aryl methyl sites for hydroxylation is 1. The van der Waals surface area contributed by atoms with Crippen molar-refractivity contribution in [2.45, 2.75) is 20.3 Å². The van der Waals surface area contributed by atoms with Crippen molar-refractivity contribution < 1.29 is 4.39 Å². The van der Waals surface area contributed by atoms with Gasteiger partial charge in [0.25, 0.3) is 0 Å². The van der Waals surface area contributed by atoms with Gasteiger partial charge in [0.1, 0.15) is 11.6 Å². The van der Waals surface area contributed by atoms with Crippen LogP contribution in [0.3, 0.4) is 0 Å².